The molecule has 0 aromatic carbocycles. The van der Waals surface area contributed by atoms with E-state index in [1.54, 1.807) is 0 Å². The van der Waals surface area contributed by atoms with Gasteiger partial charge in [-0.15, -0.1) is 0 Å². The van der Waals surface area contributed by atoms with E-state index in [-0.39, 0.29) is 12.1 Å². The molecule has 0 aliphatic heterocycles. The van der Waals surface area contributed by atoms with Gasteiger partial charge in [-0.3, -0.25) is 4.68 Å². The van der Waals surface area contributed by atoms with Crippen molar-refractivity contribution in [1.29, 1.82) is 0 Å². The summed E-state index contributed by atoms with van der Waals surface area (Å²) < 4.78 is 42.2. The molecule has 1 aliphatic carbocycles. The lowest BCUT2D eigenvalue weighted by molar-refractivity contribution is -0.148. The van der Waals surface area contributed by atoms with Crippen molar-refractivity contribution in [3.05, 3.63) is 64.2 Å². The summed E-state index contributed by atoms with van der Waals surface area (Å²) in [5.74, 6) is 0.624. The van der Waals surface area contributed by atoms with Crippen LogP contribution in [-0.2, 0) is 6.54 Å². The number of imidazole rings is 1. The van der Waals surface area contributed by atoms with Crippen LogP contribution in [0, 0.1) is 0 Å². The average Bonchev–Trinajstić information content (AvgIpc) is 3.21. The maximum Gasteiger partial charge on any atom is 0.401 e. The van der Waals surface area contributed by atoms with Crippen molar-refractivity contribution >= 4 is 5.65 Å². The Balaban J connectivity index is 1.57. The number of pyridine rings is 1. The van der Waals surface area contributed by atoms with E-state index in [4.69, 9.17) is 5.53 Å². The van der Waals surface area contributed by atoms with Crippen LogP contribution in [0.1, 0.15) is 41.6 Å². The van der Waals surface area contributed by atoms with Crippen molar-refractivity contribution < 1.29 is 13.2 Å². The molecular weight excluding hydrogens is 347 g/mol. The fourth-order valence-corrected chi connectivity index (χ4v) is 2.94. The summed E-state index contributed by atoms with van der Waals surface area (Å²) in [5, 5.41) is 6.77. The molecule has 3 aromatic heterocycles. The molecule has 3 heterocycles. The molecule has 7 nitrogen and oxygen atoms in total. The number of fused-ring (bicyclic) bond motifs is 1. The molecule has 1 aliphatic rings. The number of azide groups is 1. The Morgan fingerprint density at radius 3 is 2.77 bits per heavy atom. The first-order valence-corrected chi connectivity index (χ1v) is 8.05. The van der Waals surface area contributed by atoms with Crippen molar-refractivity contribution in [2.24, 2.45) is 5.11 Å². The molecule has 0 bridgehead atoms. The summed E-state index contributed by atoms with van der Waals surface area (Å²) in [6.45, 7) is 0.223. The van der Waals surface area contributed by atoms with Crippen LogP contribution >= 0.6 is 0 Å². The third-order valence-electron chi connectivity index (χ3n) is 4.34. The molecule has 10 heteroatoms. The van der Waals surface area contributed by atoms with E-state index in [0.717, 1.165) is 11.8 Å². The Bertz CT molecular complexity index is 993. The molecule has 1 unspecified atom stereocenters. The molecular formula is C16H14F3N7. The Morgan fingerprint density at radius 1 is 1.27 bits per heavy atom. The monoisotopic (exact) mass is 361 g/mol. The van der Waals surface area contributed by atoms with Crippen molar-refractivity contribution in [1.82, 2.24) is 19.2 Å². The highest BCUT2D eigenvalue weighted by molar-refractivity contribution is 5.42. The number of hydrogen-bond donors (Lipinski definition) is 0. The minimum atomic E-state index is -4.66. The number of rotatable bonds is 5. The van der Waals surface area contributed by atoms with Gasteiger partial charge in [0, 0.05) is 29.1 Å². The van der Waals surface area contributed by atoms with Gasteiger partial charge in [0.25, 0.3) is 0 Å². The summed E-state index contributed by atoms with van der Waals surface area (Å²) in [6, 6.07) is 1.75. The lowest BCUT2D eigenvalue weighted by Gasteiger charge is -2.12. The highest BCUT2D eigenvalue weighted by atomic mass is 19.4. The van der Waals surface area contributed by atoms with Crippen LogP contribution in [-0.4, -0.2) is 25.3 Å². The zero-order valence-electron chi connectivity index (χ0n) is 13.5. The van der Waals surface area contributed by atoms with Crippen LogP contribution < -0.4 is 0 Å². The first-order valence-electron chi connectivity index (χ1n) is 8.05. The van der Waals surface area contributed by atoms with Crippen molar-refractivity contribution in [2.75, 3.05) is 0 Å². The van der Waals surface area contributed by atoms with Crippen LogP contribution in [0.2, 0.25) is 0 Å². The van der Waals surface area contributed by atoms with E-state index >= 15 is 0 Å². The van der Waals surface area contributed by atoms with Gasteiger partial charge in [0.05, 0.1) is 18.4 Å². The Kier molecular flexibility index (Phi) is 3.84. The summed E-state index contributed by atoms with van der Waals surface area (Å²) >= 11 is 0. The zero-order chi connectivity index (χ0) is 18.3. The Labute approximate surface area is 145 Å². The second kappa shape index (κ2) is 6.06. The van der Waals surface area contributed by atoms with Crippen LogP contribution in [0.25, 0.3) is 16.1 Å². The summed E-state index contributed by atoms with van der Waals surface area (Å²) in [6.07, 6.45) is 3.92. The molecule has 4 rings (SSSR count). The SMILES string of the molecule is [N-]=[N+]=NC(c1cnn(Cc2cn3cc(C4CC4)ccc3n2)c1)C(F)(F)F. The van der Waals surface area contributed by atoms with E-state index in [1.807, 2.05) is 22.9 Å². The van der Waals surface area contributed by atoms with Gasteiger partial charge in [-0.2, -0.15) is 18.3 Å². The number of aromatic nitrogens is 4. The van der Waals surface area contributed by atoms with Gasteiger partial charge in [-0.1, -0.05) is 11.2 Å². The zero-order valence-corrected chi connectivity index (χ0v) is 13.5. The molecule has 1 saturated carbocycles. The quantitative estimate of drug-likeness (QED) is 0.384. The van der Waals surface area contributed by atoms with Gasteiger partial charge < -0.3 is 4.40 Å². The summed E-state index contributed by atoms with van der Waals surface area (Å²) in [4.78, 5) is 6.75. The maximum atomic E-state index is 13.0. The molecule has 134 valence electrons. The molecule has 0 amide bonds. The first-order chi connectivity index (χ1) is 12.4. The van der Waals surface area contributed by atoms with Crippen LogP contribution in [0.4, 0.5) is 13.2 Å². The van der Waals surface area contributed by atoms with E-state index in [9.17, 15) is 13.2 Å². The Hall–Kier alpha value is -3.00. The van der Waals surface area contributed by atoms with Gasteiger partial charge in [0.2, 0.25) is 0 Å². The van der Waals surface area contributed by atoms with Gasteiger partial charge >= 0.3 is 6.18 Å². The second-order valence-corrected chi connectivity index (χ2v) is 6.35. The number of alkyl halides is 3. The lowest BCUT2D eigenvalue weighted by atomic mass is 10.2. The molecule has 0 spiro atoms. The second-order valence-electron chi connectivity index (χ2n) is 6.35. The van der Waals surface area contributed by atoms with Crippen molar-refractivity contribution in [3.8, 4) is 0 Å². The molecule has 0 N–H and O–H groups in total. The fourth-order valence-electron chi connectivity index (χ4n) is 2.94. The lowest BCUT2D eigenvalue weighted by Crippen LogP contribution is -2.18. The topological polar surface area (TPSA) is 83.9 Å². The van der Waals surface area contributed by atoms with Gasteiger partial charge in [-0.25, -0.2) is 4.98 Å². The summed E-state index contributed by atoms with van der Waals surface area (Å²) in [5.41, 5.74) is 10.9. The molecule has 26 heavy (non-hydrogen) atoms. The molecule has 0 saturated heterocycles. The summed E-state index contributed by atoms with van der Waals surface area (Å²) in [7, 11) is 0. The number of hydrogen-bond acceptors (Lipinski definition) is 3. The highest BCUT2D eigenvalue weighted by Crippen LogP contribution is 2.40. The minimum Gasteiger partial charge on any atom is -0.306 e. The standard InChI is InChI=1S/C16H14F3N7/c17-16(18,19)15(23-24-20)12-5-21-26(7-12)9-13-8-25-6-11(10-1-2-10)3-4-14(25)22-13/h3-8,10,15H,1-2,9H2. The van der Waals surface area contributed by atoms with Crippen molar-refractivity contribution in [2.45, 2.75) is 37.5 Å². The van der Waals surface area contributed by atoms with E-state index < -0.39 is 12.2 Å². The Morgan fingerprint density at radius 2 is 2.08 bits per heavy atom. The van der Waals surface area contributed by atoms with Gasteiger partial charge in [0.15, 0.2) is 6.04 Å². The predicted octanol–water partition coefficient (Wildman–Crippen LogP) is 4.37. The normalized spacial score (nSPS) is 15.8. The fraction of sp³-hybridized carbons (Fsp3) is 0.375. The smallest absolute Gasteiger partial charge is 0.306 e. The molecule has 0 radical (unpaired) electrons. The average molecular weight is 361 g/mol. The van der Waals surface area contributed by atoms with E-state index in [1.165, 1.54) is 29.3 Å². The van der Waals surface area contributed by atoms with Gasteiger partial charge in [0.1, 0.15) is 5.65 Å². The highest BCUT2D eigenvalue weighted by Gasteiger charge is 2.41. The van der Waals surface area contributed by atoms with Crippen LogP contribution in [0.5, 0.6) is 0 Å². The predicted molar refractivity (Wildman–Crippen MR) is 86.4 cm³/mol. The largest absolute Gasteiger partial charge is 0.401 e. The maximum absolute atomic E-state index is 13.0. The van der Waals surface area contributed by atoms with Gasteiger partial charge in [-0.05, 0) is 35.9 Å². The van der Waals surface area contributed by atoms with Crippen LogP contribution in [0.3, 0.4) is 0 Å². The van der Waals surface area contributed by atoms with E-state index in [0.29, 0.717) is 11.6 Å². The minimum absolute atomic E-state index is 0.199. The van der Waals surface area contributed by atoms with E-state index in [2.05, 4.69) is 26.2 Å². The van der Waals surface area contributed by atoms with Crippen molar-refractivity contribution in [3.63, 3.8) is 0 Å². The third-order valence-corrected chi connectivity index (χ3v) is 4.34. The number of nitrogens with zero attached hydrogens (tertiary/aromatic N) is 7. The third kappa shape index (κ3) is 3.23. The first kappa shape index (κ1) is 16.5. The van der Waals surface area contributed by atoms with Crippen LogP contribution in [0.15, 0.2) is 42.0 Å². The molecule has 1 fully saturated rings. The number of halogens is 3. The molecule has 3 aromatic rings. The molecule has 1 atom stereocenters.